The van der Waals surface area contributed by atoms with E-state index in [1.165, 1.54) is 0 Å². The van der Waals surface area contributed by atoms with Gasteiger partial charge in [0, 0.05) is 47.8 Å². The first-order valence-corrected chi connectivity index (χ1v) is 10.7. The molecule has 0 radical (unpaired) electrons. The summed E-state index contributed by atoms with van der Waals surface area (Å²) in [5.74, 6) is -1.08. The summed E-state index contributed by atoms with van der Waals surface area (Å²) in [6.45, 7) is 0.963. The SMILES string of the molecule is OC(CC(Cl)CCl)(C(CCl)CCl)C(O)(C(CCl)CCl)N1CCOC1. The van der Waals surface area contributed by atoms with Crippen molar-refractivity contribution in [2.75, 3.05) is 49.3 Å². The minimum absolute atomic E-state index is 0.0144. The van der Waals surface area contributed by atoms with E-state index in [1.54, 1.807) is 4.90 Å². The minimum atomic E-state index is -1.80. The third-order valence-corrected chi connectivity index (χ3v) is 6.89. The fourth-order valence-corrected chi connectivity index (χ4v) is 5.08. The van der Waals surface area contributed by atoms with Gasteiger partial charge in [0.05, 0.1) is 12.0 Å². The van der Waals surface area contributed by atoms with E-state index in [4.69, 9.17) is 74.3 Å². The number of rotatable bonds is 11. The number of hydrogen-bond donors (Lipinski definition) is 2. The zero-order valence-electron chi connectivity index (χ0n) is 13.1. The lowest BCUT2D eigenvalue weighted by atomic mass is 9.71. The lowest BCUT2D eigenvalue weighted by Gasteiger charge is -2.54. The van der Waals surface area contributed by atoms with Gasteiger partial charge in [-0.05, 0) is 6.42 Å². The average Bonchev–Trinajstić information content (AvgIpc) is 3.11. The molecule has 1 aliphatic heterocycles. The molecule has 2 N–H and O–H groups in total. The van der Waals surface area contributed by atoms with Gasteiger partial charge in [-0.25, -0.2) is 4.90 Å². The monoisotopic (exact) mass is 463 g/mol. The molecule has 1 saturated heterocycles. The van der Waals surface area contributed by atoms with Crippen molar-refractivity contribution in [2.24, 2.45) is 11.8 Å². The van der Waals surface area contributed by atoms with E-state index in [0.29, 0.717) is 13.2 Å². The molecule has 1 fully saturated rings. The number of halogens is 6. The lowest BCUT2D eigenvalue weighted by molar-refractivity contribution is -0.272. The summed E-state index contributed by atoms with van der Waals surface area (Å²) in [6.07, 6.45) is -0.0144. The average molecular weight is 466 g/mol. The van der Waals surface area contributed by atoms with E-state index in [2.05, 4.69) is 0 Å². The molecule has 24 heavy (non-hydrogen) atoms. The molecular formula is C14H23Cl6NO3. The molecule has 144 valence electrons. The van der Waals surface area contributed by atoms with Crippen molar-refractivity contribution in [1.29, 1.82) is 0 Å². The number of nitrogens with zero attached hydrogens (tertiary/aromatic N) is 1. The van der Waals surface area contributed by atoms with Gasteiger partial charge in [-0.2, -0.15) is 0 Å². The van der Waals surface area contributed by atoms with Gasteiger partial charge >= 0.3 is 0 Å². The zero-order valence-corrected chi connectivity index (χ0v) is 17.6. The molecule has 0 amide bonds. The summed E-state index contributed by atoms with van der Waals surface area (Å²) in [6, 6.07) is 0. The van der Waals surface area contributed by atoms with Crippen LogP contribution < -0.4 is 0 Å². The maximum Gasteiger partial charge on any atom is 0.154 e. The molecule has 4 nitrogen and oxygen atoms in total. The van der Waals surface area contributed by atoms with Crippen molar-refractivity contribution in [2.45, 2.75) is 23.1 Å². The van der Waals surface area contributed by atoms with E-state index in [1.807, 2.05) is 0 Å². The second-order valence-corrected chi connectivity index (χ2v) is 8.08. The van der Waals surface area contributed by atoms with Gasteiger partial charge in [-0.1, -0.05) is 0 Å². The Morgan fingerprint density at radius 1 is 0.917 bits per heavy atom. The van der Waals surface area contributed by atoms with E-state index in [-0.39, 0.29) is 42.6 Å². The summed E-state index contributed by atoms with van der Waals surface area (Å²) in [5.41, 5.74) is -3.57. The highest BCUT2D eigenvalue weighted by Gasteiger charge is 2.61. The van der Waals surface area contributed by atoms with Crippen molar-refractivity contribution < 1.29 is 14.9 Å². The van der Waals surface area contributed by atoms with Gasteiger partial charge in [0.25, 0.3) is 0 Å². The first-order valence-electron chi connectivity index (χ1n) is 7.57. The van der Waals surface area contributed by atoms with Gasteiger partial charge in [-0.15, -0.1) is 69.6 Å². The zero-order chi connectivity index (χ0) is 18.4. The van der Waals surface area contributed by atoms with Crippen LogP contribution >= 0.6 is 69.6 Å². The number of hydrogen-bond acceptors (Lipinski definition) is 4. The third-order valence-electron chi connectivity index (χ3n) is 4.56. The first-order chi connectivity index (χ1) is 11.3. The maximum atomic E-state index is 11.7. The van der Waals surface area contributed by atoms with Crippen LogP contribution in [0.2, 0.25) is 0 Å². The first kappa shape index (κ1) is 23.6. The Balaban J connectivity index is 3.42. The van der Waals surface area contributed by atoms with E-state index in [9.17, 15) is 10.2 Å². The molecule has 1 rings (SSSR count). The molecular weight excluding hydrogens is 443 g/mol. The van der Waals surface area contributed by atoms with Crippen LogP contribution in [0.4, 0.5) is 0 Å². The second kappa shape index (κ2) is 10.8. The molecule has 0 aromatic heterocycles. The smallest absolute Gasteiger partial charge is 0.154 e. The summed E-state index contributed by atoms with van der Waals surface area (Å²) in [5, 5.41) is 22.7. The predicted molar refractivity (Wildman–Crippen MR) is 102 cm³/mol. The highest BCUT2D eigenvalue weighted by atomic mass is 35.5. The maximum absolute atomic E-state index is 11.7. The molecule has 0 aliphatic carbocycles. The Hall–Kier alpha value is 1.58. The number of ether oxygens (including phenoxy) is 1. The van der Waals surface area contributed by atoms with Crippen LogP contribution in [0.5, 0.6) is 0 Å². The summed E-state index contributed by atoms with van der Waals surface area (Å²) < 4.78 is 5.36. The Labute approximate surface area is 173 Å². The third kappa shape index (κ3) is 4.70. The van der Waals surface area contributed by atoms with Crippen molar-refractivity contribution >= 4 is 69.6 Å². The highest BCUT2D eigenvalue weighted by Crippen LogP contribution is 2.45. The Morgan fingerprint density at radius 2 is 1.46 bits per heavy atom. The van der Waals surface area contributed by atoms with E-state index < -0.39 is 28.5 Å². The van der Waals surface area contributed by atoms with Crippen molar-refractivity contribution in [3.8, 4) is 0 Å². The molecule has 3 unspecified atom stereocenters. The minimum Gasteiger partial charge on any atom is -0.385 e. The van der Waals surface area contributed by atoms with Crippen LogP contribution in [0.3, 0.4) is 0 Å². The van der Waals surface area contributed by atoms with Gasteiger partial charge < -0.3 is 14.9 Å². The van der Waals surface area contributed by atoms with E-state index >= 15 is 0 Å². The normalized spacial score (nSPS) is 22.8. The van der Waals surface area contributed by atoms with Gasteiger partial charge in [-0.3, -0.25) is 0 Å². The molecule has 0 spiro atoms. The standard InChI is InChI=1S/C14H23Cl6NO3/c15-4-10(5-16)13(22,3-12(20)8-19)14(23,11(6-17)7-18)21-1-2-24-9-21/h10-12,22-23H,1-9H2. The fourth-order valence-electron chi connectivity index (χ4n) is 3.13. The van der Waals surface area contributed by atoms with Crippen molar-refractivity contribution in [1.82, 2.24) is 4.90 Å². The van der Waals surface area contributed by atoms with Crippen LogP contribution in [0, 0.1) is 11.8 Å². The number of alkyl halides is 6. The van der Waals surface area contributed by atoms with Crippen molar-refractivity contribution in [3.63, 3.8) is 0 Å². The van der Waals surface area contributed by atoms with Crippen molar-refractivity contribution in [3.05, 3.63) is 0 Å². The Kier molecular flexibility index (Phi) is 10.6. The second-order valence-electron chi connectivity index (χ2n) is 5.92. The molecule has 0 saturated carbocycles. The molecule has 0 aromatic carbocycles. The quantitative estimate of drug-likeness (QED) is 0.460. The largest absolute Gasteiger partial charge is 0.385 e. The van der Waals surface area contributed by atoms with E-state index in [0.717, 1.165) is 0 Å². The predicted octanol–water partition coefficient (Wildman–Crippen LogP) is 3.12. The van der Waals surface area contributed by atoms with Gasteiger partial charge in [0.15, 0.2) is 5.72 Å². The van der Waals surface area contributed by atoms with Crippen LogP contribution in [0.25, 0.3) is 0 Å². The molecule has 1 heterocycles. The molecule has 10 heteroatoms. The van der Waals surface area contributed by atoms with Gasteiger partial charge in [0.2, 0.25) is 0 Å². The summed E-state index contributed by atoms with van der Waals surface area (Å²) in [7, 11) is 0. The van der Waals surface area contributed by atoms with Crippen LogP contribution in [0.1, 0.15) is 6.42 Å². The summed E-state index contributed by atoms with van der Waals surface area (Å²) in [4.78, 5) is 1.62. The molecule has 0 aromatic rings. The fraction of sp³-hybridized carbons (Fsp3) is 1.00. The Bertz CT molecular complexity index is 364. The summed E-state index contributed by atoms with van der Waals surface area (Å²) >= 11 is 36.2. The Morgan fingerprint density at radius 3 is 1.83 bits per heavy atom. The highest BCUT2D eigenvalue weighted by molar-refractivity contribution is 6.28. The topological polar surface area (TPSA) is 52.9 Å². The van der Waals surface area contributed by atoms with Crippen LogP contribution in [-0.4, -0.2) is 81.1 Å². The molecule has 1 aliphatic rings. The van der Waals surface area contributed by atoms with Crippen LogP contribution in [-0.2, 0) is 4.74 Å². The molecule has 3 atom stereocenters. The molecule has 0 bridgehead atoms. The van der Waals surface area contributed by atoms with Gasteiger partial charge in [0.1, 0.15) is 12.3 Å². The van der Waals surface area contributed by atoms with Crippen LogP contribution in [0.15, 0.2) is 0 Å². The number of aliphatic hydroxyl groups is 2. The lowest BCUT2D eigenvalue weighted by Crippen LogP contribution is -2.72.